The zero-order valence-electron chi connectivity index (χ0n) is 20.4. The molecule has 0 aliphatic carbocycles. The molecule has 3 rings (SSSR count). The predicted molar refractivity (Wildman–Crippen MR) is 130 cm³/mol. The number of nitrogens with zero attached hydrogens (tertiary/aromatic N) is 3. The maximum Gasteiger partial charge on any atom is 0.347 e. The van der Waals surface area contributed by atoms with Gasteiger partial charge in [0.15, 0.2) is 17.2 Å². The van der Waals surface area contributed by atoms with Crippen LogP contribution in [0, 0.1) is 6.92 Å². The molecule has 7 nitrogen and oxygen atoms in total. The molecular weight excluding hydrogens is 430 g/mol. The predicted octanol–water partition coefficient (Wildman–Crippen LogP) is 4.57. The van der Waals surface area contributed by atoms with E-state index in [-0.39, 0.29) is 12.3 Å². The Hall–Kier alpha value is -3.48. The summed E-state index contributed by atoms with van der Waals surface area (Å²) in [5.41, 5.74) is 2.19. The van der Waals surface area contributed by atoms with Crippen LogP contribution in [-0.4, -0.2) is 37.2 Å². The van der Waals surface area contributed by atoms with Crippen molar-refractivity contribution in [3.63, 3.8) is 0 Å². The fourth-order valence-electron chi connectivity index (χ4n) is 3.49. The number of Topliss-reactive ketones (excluding diaryl/α,β-unsaturated/α-hetero) is 1. The van der Waals surface area contributed by atoms with E-state index >= 15 is 0 Å². The quantitative estimate of drug-likeness (QED) is 0.423. The van der Waals surface area contributed by atoms with Crippen molar-refractivity contribution in [1.82, 2.24) is 14.8 Å². The summed E-state index contributed by atoms with van der Waals surface area (Å²) in [4.78, 5) is 28.1. The second-order valence-corrected chi connectivity index (χ2v) is 9.07. The molecule has 0 saturated heterocycles. The number of rotatable bonds is 12. The number of aryl methyl sites for hydroxylation is 3. The van der Waals surface area contributed by atoms with Crippen molar-refractivity contribution >= 4 is 11.8 Å². The first-order valence-corrected chi connectivity index (χ1v) is 11.7. The van der Waals surface area contributed by atoms with E-state index < -0.39 is 11.6 Å². The van der Waals surface area contributed by atoms with Crippen molar-refractivity contribution < 1.29 is 19.4 Å². The number of ketones is 1. The van der Waals surface area contributed by atoms with Gasteiger partial charge in [-0.05, 0) is 56.9 Å². The van der Waals surface area contributed by atoms with Crippen LogP contribution in [0.1, 0.15) is 62.0 Å². The van der Waals surface area contributed by atoms with Gasteiger partial charge in [0, 0.05) is 19.3 Å². The normalized spacial score (nSPS) is 11.4. The molecule has 3 aromatic rings. The third-order valence-electron chi connectivity index (χ3n) is 5.67. The van der Waals surface area contributed by atoms with Gasteiger partial charge in [-0.2, -0.15) is 5.10 Å². The van der Waals surface area contributed by atoms with Crippen LogP contribution in [0.15, 0.2) is 48.5 Å². The fraction of sp³-hybridized carbons (Fsp3) is 0.407. The molecule has 1 heterocycles. The van der Waals surface area contributed by atoms with Gasteiger partial charge in [-0.25, -0.2) is 14.5 Å². The van der Waals surface area contributed by atoms with Crippen molar-refractivity contribution in [1.29, 1.82) is 0 Å². The minimum absolute atomic E-state index is 0.132. The van der Waals surface area contributed by atoms with Gasteiger partial charge >= 0.3 is 5.97 Å². The third-order valence-corrected chi connectivity index (χ3v) is 5.67. The molecule has 0 radical (unpaired) electrons. The Labute approximate surface area is 200 Å². The summed E-state index contributed by atoms with van der Waals surface area (Å²) in [6.45, 7) is 7.21. The number of carbonyl (C=O) groups is 2. The number of aromatic nitrogens is 3. The monoisotopic (exact) mass is 463 g/mol. The van der Waals surface area contributed by atoms with E-state index in [2.05, 4.69) is 36.3 Å². The molecule has 180 valence electrons. The summed E-state index contributed by atoms with van der Waals surface area (Å²) in [5.74, 6) is 1.20. The Morgan fingerprint density at radius 3 is 2.26 bits per heavy atom. The van der Waals surface area contributed by atoms with Gasteiger partial charge in [0.2, 0.25) is 0 Å². The van der Waals surface area contributed by atoms with E-state index in [4.69, 9.17) is 9.72 Å². The Morgan fingerprint density at radius 2 is 1.65 bits per heavy atom. The van der Waals surface area contributed by atoms with Crippen molar-refractivity contribution in [3.05, 3.63) is 76.9 Å². The number of carboxylic acids is 1. The summed E-state index contributed by atoms with van der Waals surface area (Å²) in [6.07, 6.45) is 3.49. The molecule has 0 bridgehead atoms. The highest BCUT2D eigenvalue weighted by atomic mass is 16.5. The minimum atomic E-state index is -1.28. The highest BCUT2D eigenvalue weighted by Gasteiger charge is 2.29. The largest absolute Gasteiger partial charge is 0.478 e. The lowest BCUT2D eigenvalue weighted by Gasteiger charge is -2.21. The van der Waals surface area contributed by atoms with Crippen LogP contribution in [0.3, 0.4) is 0 Å². The van der Waals surface area contributed by atoms with Crippen LogP contribution >= 0.6 is 0 Å². The average molecular weight is 464 g/mol. The summed E-state index contributed by atoms with van der Waals surface area (Å²) in [5, 5.41) is 13.8. The maximum atomic E-state index is 12.1. The highest BCUT2D eigenvalue weighted by Crippen LogP contribution is 2.20. The molecule has 0 amide bonds. The van der Waals surface area contributed by atoms with Crippen LogP contribution in [-0.2, 0) is 35.4 Å². The molecule has 0 saturated carbocycles. The molecular formula is C27H33N3O4. The first-order valence-electron chi connectivity index (χ1n) is 11.7. The zero-order valence-corrected chi connectivity index (χ0v) is 20.4. The molecule has 0 aliphatic heterocycles. The number of benzene rings is 2. The van der Waals surface area contributed by atoms with E-state index in [1.807, 2.05) is 19.1 Å². The SMILES string of the molecule is CCC(=O)Cn1nc(Cc2ccc(C)cc2)nc1CCCc1ccc(OC(C)(C)C(=O)O)cc1. The van der Waals surface area contributed by atoms with Crippen molar-refractivity contribution in [2.45, 2.75) is 71.9 Å². The molecule has 7 heteroatoms. The van der Waals surface area contributed by atoms with Gasteiger partial charge in [-0.1, -0.05) is 48.9 Å². The molecule has 1 N–H and O–H groups in total. The number of hydrogen-bond acceptors (Lipinski definition) is 5. The Morgan fingerprint density at radius 1 is 1.00 bits per heavy atom. The Kier molecular flexibility index (Phi) is 8.21. The minimum Gasteiger partial charge on any atom is -0.478 e. The maximum absolute atomic E-state index is 12.1. The Bertz CT molecular complexity index is 1120. The van der Waals surface area contributed by atoms with Gasteiger partial charge in [-0.15, -0.1) is 0 Å². The molecule has 0 aliphatic rings. The van der Waals surface area contributed by atoms with Gasteiger partial charge in [0.25, 0.3) is 0 Å². The number of ether oxygens (including phenoxy) is 1. The lowest BCUT2D eigenvalue weighted by molar-refractivity contribution is -0.152. The average Bonchev–Trinajstić information content (AvgIpc) is 3.16. The molecule has 2 aromatic carbocycles. The number of carboxylic acid groups (broad SMARTS) is 1. The van der Waals surface area contributed by atoms with Crippen LogP contribution in [0.25, 0.3) is 0 Å². The van der Waals surface area contributed by atoms with Crippen LogP contribution in [0.4, 0.5) is 0 Å². The lowest BCUT2D eigenvalue weighted by Crippen LogP contribution is -2.37. The van der Waals surface area contributed by atoms with Gasteiger partial charge < -0.3 is 9.84 Å². The molecule has 0 unspecified atom stereocenters. The van der Waals surface area contributed by atoms with Crippen LogP contribution in [0.2, 0.25) is 0 Å². The van der Waals surface area contributed by atoms with E-state index in [1.165, 1.54) is 19.4 Å². The number of carbonyl (C=O) groups excluding carboxylic acids is 1. The third kappa shape index (κ3) is 7.01. The zero-order chi connectivity index (χ0) is 24.7. The van der Waals surface area contributed by atoms with Gasteiger partial charge in [0.1, 0.15) is 18.1 Å². The molecule has 0 spiro atoms. The number of aliphatic carboxylic acids is 1. The highest BCUT2D eigenvalue weighted by molar-refractivity contribution is 5.77. The fourth-order valence-corrected chi connectivity index (χ4v) is 3.49. The standard InChI is InChI=1S/C27H33N3O4/c1-5-22(31)18-30-25(28-24(29-30)17-21-11-9-19(2)10-12-21)8-6-7-20-13-15-23(16-14-20)34-27(3,4)26(32)33/h9-16H,5-8,17-18H2,1-4H3,(H,32,33). The number of hydrogen-bond donors (Lipinski definition) is 1. The first-order chi connectivity index (χ1) is 16.2. The smallest absolute Gasteiger partial charge is 0.347 e. The van der Waals surface area contributed by atoms with Crippen LogP contribution in [0.5, 0.6) is 5.75 Å². The van der Waals surface area contributed by atoms with E-state index in [1.54, 1.807) is 16.8 Å². The lowest BCUT2D eigenvalue weighted by atomic mass is 10.1. The van der Waals surface area contributed by atoms with E-state index in [9.17, 15) is 14.7 Å². The molecule has 1 aromatic heterocycles. The van der Waals surface area contributed by atoms with Crippen molar-refractivity contribution in [2.24, 2.45) is 0 Å². The topological polar surface area (TPSA) is 94.3 Å². The van der Waals surface area contributed by atoms with Gasteiger partial charge in [-0.3, -0.25) is 4.79 Å². The Balaban J connectivity index is 1.63. The van der Waals surface area contributed by atoms with Crippen molar-refractivity contribution in [2.75, 3.05) is 0 Å². The van der Waals surface area contributed by atoms with E-state index in [0.717, 1.165) is 35.6 Å². The van der Waals surface area contributed by atoms with E-state index in [0.29, 0.717) is 25.0 Å². The summed E-state index contributed by atoms with van der Waals surface area (Å²) >= 11 is 0. The second-order valence-electron chi connectivity index (χ2n) is 9.07. The molecule has 34 heavy (non-hydrogen) atoms. The molecule has 0 fully saturated rings. The molecule has 0 atom stereocenters. The summed E-state index contributed by atoms with van der Waals surface area (Å²) < 4.78 is 7.31. The summed E-state index contributed by atoms with van der Waals surface area (Å²) in [7, 11) is 0. The van der Waals surface area contributed by atoms with Crippen LogP contribution < -0.4 is 4.74 Å². The van der Waals surface area contributed by atoms with Gasteiger partial charge in [0.05, 0.1) is 0 Å². The first kappa shape index (κ1) is 25.1. The van der Waals surface area contributed by atoms with Crippen molar-refractivity contribution in [3.8, 4) is 5.75 Å². The second kappa shape index (κ2) is 11.1. The summed E-state index contributed by atoms with van der Waals surface area (Å²) in [6, 6.07) is 15.8.